The van der Waals surface area contributed by atoms with Crippen molar-refractivity contribution in [3.05, 3.63) is 16.0 Å². The summed E-state index contributed by atoms with van der Waals surface area (Å²) in [6.07, 6.45) is 0. The van der Waals surface area contributed by atoms with Crippen molar-refractivity contribution in [2.24, 2.45) is 0 Å². The van der Waals surface area contributed by atoms with Gasteiger partial charge in [-0.05, 0) is 41.5 Å². The molecule has 0 unspecified atom stereocenters. The number of aromatic nitrogens is 1. The summed E-state index contributed by atoms with van der Waals surface area (Å²) in [5, 5.41) is 9.25. The van der Waals surface area contributed by atoms with Gasteiger partial charge in [0.25, 0.3) is 0 Å². The fraction of sp³-hybridized carbons (Fsp3) is 0.667. The first-order chi connectivity index (χ1) is 11.2. The molecule has 0 fully saturated rings. The van der Waals surface area contributed by atoms with E-state index in [1.165, 1.54) is 0 Å². The molecule has 0 saturated heterocycles. The Bertz CT molecular complexity index is 690. The van der Waals surface area contributed by atoms with E-state index in [4.69, 9.17) is 13.5 Å². The molecule has 0 bridgehead atoms. The second-order valence-corrected chi connectivity index (χ2v) is 7.46. The van der Waals surface area contributed by atoms with Crippen molar-refractivity contribution in [2.75, 3.05) is 18.1 Å². The Morgan fingerprint density at radius 2 is 1.71 bits per heavy atom. The molecule has 0 spiro atoms. The summed E-state index contributed by atoms with van der Waals surface area (Å²) in [5.41, 5.74) is -1.67. The molecule has 0 aliphatic rings. The van der Waals surface area contributed by atoms with E-state index in [-0.39, 0.29) is 36.7 Å². The molecular formula is C15H24N3O5P. The Morgan fingerprint density at radius 3 is 2.08 bits per heavy atom. The summed E-state index contributed by atoms with van der Waals surface area (Å²) < 4.78 is 28.6. The maximum atomic E-state index is 13.0. The minimum absolute atomic E-state index is 0.0152. The zero-order chi connectivity index (χ0) is 18.5. The topological polar surface area (TPSA) is 106 Å². The quantitative estimate of drug-likeness (QED) is 0.653. The van der Waals surface area contributed by atoms with Crippen molar-refractivity contribution in [1.82, 2.24) is 4.98 Å². The largest absolute Gasteiger partial charge is 0.388 e. The van der Waals surface area contributed by atoms with Crippen LogP contribution in [0.4, 0.5) is 6.01 Å². The van der Waals surface area contributed by atoms with E-state index >= 15 is 0 Å². The van der Waals surface area contributed by atoms with Crippen molar-refractivity contribution < 1.29 is 18.0 Å². The predicted molar refractivity (Wildman–Crippen MR) is 90.7 cm³/mol. The van der Waals surface area contributed by atoms with Gasteiger partial charge < -0.3 is 18.4 Å². The monoisotopic (exact) mass is 357 g/mol. The van der Waals surface area contributed by atoms with Gasteiger partial charge in [-0.15, -0.1) is 0 Å². The van der Waals surface area contributed by atoms with Crippen LogP contribution in [-0.4, -0.2) is 30.3 Å². The van der Waals surface area contributed by atoms with Crippen LogP contribution in [0.15, 0.2) is 9.21 Å². The number of nitrogens with zero attached hydrogens (tertiary/aromatic N) is 3. The summed E-state index contributed by atoms with van der Waals surface area (Å²) in [6.45, 7) is 11.1. The van der Waals surface area contributed by atoms with Crippen LogP contribution in [-0.2, 0) is 13.6 Å². The lowest BCUT2D eigenvalue weighted by Crippen LogP contribution is -2.40. The lowest BCUT2D eigenvalue weighted by molar-refractivity contribution is 0.228. The lowest BCUT2D eigenvalue weighted by atomic mass is 10.2. The SMILES string of the molecule is CCOP(=O)(OCC)c1nc(N(C(C)C)C(C)C)oc(=O)c1C#N. The van der Waals surface area contributed by atoms with Crippen molar-refractivity contribution >= 4 is 19.0 Å². The third-order valence-corrected chi connectivity index (χ3v) is 5.15. The highest BCUT2D eigenvalue weighted by Gasteiger charge is 2.36. The molecule has 0 amide bonds. The second-order valence-electron chi connectivity index (χ2n) is 5.52. The van der Waals surface area contributed by atoms with Gasteiger partial charge in [-0.3, -0.25) is 4.57 Å². The Kier molecular flexibility index (Phi) is 7.15. The van der Waals surface area contributed by atoms with E-state index in [1.807, 2.05) is 27.7 Å². The van der Waals surface area contributed by atoms with E-state index < -0.39 is 18.8 Å². The lowest BCUT2D eigenvalue weighted by Gasteiger charge is -2.30. The highest BCUT2D eigenvalue weighted by Crippen LogP contribution is 2.47. The maximum Gasteiger partial charge on any atom is 0.381 e. The first-order valence-corrected chi connectivity index (χ1v) is 9.39. The average molecular weight is 357 g/mol. The first-order valence-electron chi connectivity index (χ1n) is 7.85. The fourth-order valence-electron chi connectivity index (χ4n) is 2.34. The smallest absolute Gasteiger partial charge is 0.381 e. The zero-order valence-electron chi connectivity index (χ0n) is 14.9. The first kappa shape index (κ1) is 20.4. The predicted octanol–water partition coefficient (Wildman–Crippen LogP) is 2.42. The van der Waals surface area contributed by atoms with Gasteiger partial charge in [-0.2, -0.15) is 10.2 Å². The van der Waals surface area contributed by atoms with Crippen LogP contribution in [0.3, 0.4) is 0 Å². The van der Waals surface area contributed by atoms with Crippen molar-refractivity contribution in [1.29, 1.82) is 5.26 Å². The summed E-state index contributed by atoms with van der Waals surface area (Å²) in [4.78, 5) is 18.1. The molecule has 1 aromatic rings. The number of anilines is 1. The fourth-order valence-corrected chi connectivity index (χ4v) is 3.96. The molecule has 9 heteroatoms. The minimum Gasteiger partial charge on any atom is -0.388 e. The summed E-state index contributed by atoms with van der Waals surface area (Å²) in [7, 11) is -3.90. The molecular weight excluding hydrogens is 333 g/mol. The molecule has 0 radical (unpaired) electrons. The normalized spacial score (nSPS) is 11.8. The molecule has 1 heterocycles. The van der Waals surface area contributed by atoms with Crippen molar-refractivity contribution in [3.63, 3.8) is 0 Å². The molecule has 0 aromatic carbocycles. The highest BCUT2D eigenvalue weighted by molar-refractivity contribution is 7.62. The molecule has 0 N–H and O–H groups in total. The van der Waals surface area contributed by atoms with E-state index in [0.717, 1.165) is 0 Å². The van der Waals surface area contributed by atoms with Gasteiger partial charge in [0.2, 0.25) is 0 Å². The number of rotatable bonds is 8. The Labute approximate surface area is 141 Å². The van der Waals surface area contributed by atoms with Crippen LogP contribution in [0.5, 0.6) is 0 Å². The molecule has 8 nitrogen and oxygen atoms in total. The maximum absolute atomic E-state index is 13.0. The molecule has 1 rings (SSSR count). The van der Waals surface area contributed by atoms with Gasteiger partial charge in [0.1, 0.15) is 6.07 Å². The van der Waals surface area contributed by atoms with E-state index in [1.54, 1.807) is 24.8 Å². The highest BCUT2D eigenvalue weighted by atomic mass is 31.2. The summed E-state index contributed by atoms with van der Waals surface area (Å²) >= 11 is 0. The third kappa shape index (κ3) is 4.23. The molecule has 0 saturated carbocycles. The molecule has 1 aromatic heterocycles. The molecule has 24 heavy (non-hydrogen) atoms. The van der Waals surface area contributed by atoms with Gasteiger partial charge in [-0.1, -0.05) is 0 Å². The zero-order valence-corrected chi connectivity index (χ0v) is 15.8. The van der Waals surface area contributed by atoms with Gasteiger partial charge in [0.05, 0.1) is 13.2 Å². The Hall–Kier alpha value is -1.68. The van der Waals surface area contributed by atoms with Gasteiger partial charge >= 0.3 is 19.2 Å². The van der Waals surface area contributed by atoms with Gasteiger partial charge in [0, 0.05) is 12.1 Å². The van der Waals surface area contributed by atoms with Crippen LogP contribution in [0, 0.1) is 11.3 Å². The number of nitriles is 1. The number of hydrogen-bond acceptors (Lipinski definition) is 8. The average Bonchev–Trinajstić information content (AvgIpc) is 2.46. The van der Waals surface area contributed by atoms with E-state index in [9.17, 15) is 14.6 Å². The molecule has 0 aliphatic carbocycles. The van der Waals surface area contributed by atoms with Gasteiger partial charge in [0.15, 0.2) is 11.0 Å². The van der Waals surface area contributed by atoms with Crippen LogP contribution in [0.2, 0.25) is 0 Å². The minimum atomic E-state index is -3.90. The van der Waals surface area contributed by atoms with E-state index in [0.29, 0.717) is 0 Å². The Balaban J connectivity index is 3.68. The standard InChI is InChI=1S/C15H24N3O5P/c1-7-21-24(20,22-8-2)13-12(9-16)14(19)23-15(17-13)18(10(3)4)11(5)6/h10-11H,7-8H2,1-6H3. The van der Waals surface area contributed by atoms with Gasteiger partial charge in [-0.25, -0.2) is 4.79 Å². The van der Waals surface area contributed by atoms with Crippen molar-refractivity contribution in [2.45, 2.75) is 53.6 Å². The van der Waals surface area contributed by atoms with Crippen LogP contribution in [0.1, 0.15) is 47.1 Å². The third-order valence-electron chi connectivity index (χ3n) is 3.12. The van der Waals surface area contributed by atoms with Crippen molar-refractivity contribution in [3.8, 4) is 6.07 Å². The van der Waals surface area contributed by atoms with Crippen LogP contribution >= 0.6 is 7.60 Å². The number of hydrogen-bond donors (Lipinski definition) is 0. The van der Waals surface area contributed by atoms with Crippen LogP contribution in [0.25, 0.3) is 0 Å². The summed E-state index contributed by atoms with van der Waals surface area (Å²) in [6, 6.07) is 1.62. The Morgan fingerprint density at radius 1 is 1.21 bits per heavy atom. The van der Waals surface area contributed by atoms with Crippen LogP contribution < -0.4 is 16.0 Å². The molecule has 0 atom stereocenters. The molecule has 0 aliphatic heterocycles. The summed E-state index contributed by atoms with van der Waals surface area (Å²) in [5.74, 6) is 0. The second kappa shape index (κ2) is 8.43. The molecule has 134 valence electrons. The van der Waals surface area contributed by atoms with E-state index in [2.05, 4.69) is 4.98 Å².